The molecule has 4 heterocycles. The Morgan fingerprint density at radius 2 is 1.97 bits per heavy atom. The molecule has 7 nitrogen and oxygen atoms in total. The van der Waals surface area contributed by atoms with Crippen LogP contribution in [0, 0.1) is 5.82 Å². The lowest BCUT2D eigenvalue weighted by molar-refractivity contribution is 0.0594. The van der Waals surface area contributed by atoms with Crippen molar-refractivity contribution >= 4 is 22.4 Å². The molecule has 2 aliphatic rings. The number of aromatic nitrogens is 2. The van der Waals surface area contributed by atoms with Crippen LogP contribution in [0.1, 0.15) is 41.4 Å². The number of aromatic amines is 1. The Hall–Kier alpha value is -3.26. The van der Waals surface area contributed by atoms with E-state index in [4.69, 9.17) is 4.74 Å². The molecule has 0 saturated carbocycles. The lowest BCUT2D eigenvalue weighted by atomic mass is 10.0. The summed E-state index contributed by atoms with van der Waals surface area (Å²) in [6.45, 7) is 3.75. The van der Waals surface area contributed by atoms with Crippen LogP contribution in [0.15, 0.2) is 47.4 Å². The first kappa shape index (κ1) is 21.6. The maximum Gasteiger partial charge on any atom is 0.356 e. The number of H-pyrrole nitrogens is 1. The van der Waals surface area contributed by atoms with Gasteiger partial charge in [0.25, 0.3) is 5.56 Å². The molecule has 2 aromatic heterocycles. The monoisotopic (exact) mass is 450 g/mol. The van der Waals surface area contributed by atoms with Gasteiger partial charge in [0.15, 0.2) is 0 Å². The second-order valence-corrected chi connectivity index (χ2v) is 8.85. The summed E-state index contributed by atoms with van der Waals surface area (Å²) in [4.78, 5) is 36.0. The van der Waals surface area contributed by atoms with E-state index in [0.29, 0.717) is 17.1 Å². The Kier molecular flexibility index (Phi) is 5.85. The summed E-state index contributed by atoms with van der Waals surface area (Å²) in [5.74, 6) is -0.657. The molecule has 1 unspecified atom stereocenters. The number of ether oxygens (including phenoxy) is 1. The van der Waals surface area contributed by atoms with E-state index in [1.165, 1.54) is 13.2 Å². The SMILES string of the molecule is COC(=O)c1ccc(N2CCC(N3CCC(c4cc5cccc(F)c5c(=O)[nH]4)C3)CC2)cn1. The Morgan fingerprint density at radius 1 is 1.15 bits per heavy atom. The predicted octanol–water partition coefficient (Wildman–Crippen LogP) is 3.31. The summed E-state index contributed by atoms with van der Waals surface area (Å²) in [5.41, 5.74) is 1.88. The third kappa shape index (κ3) is 4.23. The number of pyridine rings is 2. The molecular weight excluding hydrogens is 423 g/mol. The van der Waals surface area contributed by atoms with Crippen molar-refractivity contribution in [3.05, 3.63) is 70.2 Å². The molecule has 2 aliphatic heterocycles. The average Bonchev–Trinajstić information content (AvgIpc) is 3.34. The molecule has 0 spiro atoms. The second-order valence-electron chi connectivity index (χ2n) is 8.85. The zero-order chi connectivity index (χ0) is 22.9. The summed E-state index contributed by atoms with van der Waals surface area (Å²) in [6.07, 6.45) is 4.81. The summed E-state index contributed by atoms with van der Waals surface area (Å²) >= 11 is 0. The molecule has 0 radical (unpaired) electrons. The number of carbonyl (C=O) groups is 1. The van der Waals surface area contributed by atoms with E-state index in [1.807, 2.05) is 12.1 Å². The van der Waals surface area contributed by atoms with Crippen LogP contribution in [0.3, 0.4) is 0 Å². The minimum Gasteiger partial charge on any atom is -0.464 e. The van der Waals surface area contributed by atoms with Crippen LogP contribution in [0.25, 0.3) is 10.8 Å². The average molecular weight is 451 g/mol. The molecule has 2 saturated heterocycles. The number of nitrogens with one attached hydrogen (secondary N) is 1. The van der Waals surface area contributed by atoms with Crippen molar-refractivity contribution in [1.29, 1.82) is 0 Å². The molecule has 1 aromatic carbocycles. The molecule has 5 rings (SSSR count). The van der Waals surface area contributed by atoms with Gasteiger partial charge in [-0.1, -0.05) is 12.1 Å². The number of carbonyl (C=O) groups excluding carboxylic acids is 1. The summed E-state index contributed by atoms with van der Waals surface area (Å²) in [6, 6.07) is 10.8. The van der Waals surface area contributed by atoms with Gasteiger partial charge in [0.1, 0.15) is 11.5 Å². The number of nitrogens with zero attached hydrogens (tertiary/aromatic N) is 3. The lowest BCUT2D eigenvalue weighted by Gasteiger charge is -2.37. The normalized spacial score (nSPS) is 19.8. The zero-order valence-electron chi connectivity index (χ0n) is 18.6. The standard InChI is InChI=1S/C25H27FN4O3/c1-33-25(32)21-6-5-19(14-27-21)29-11-8-18(9-12-29)30-10-7-17(15-30)22-13-16-3-2-4-20(26)23(16)24(31)28-22/h2-6,13-14,17-18H,7-12,15H2,1H3,(H,28,31). The fraction of sp³-hybridized carbons (Fsp3) is 0.400. The smallest absolute Gasteiger partial charge is 0.356 e. The third-order valence-corrected chi connectivity index (χ3v) is 6.99. The molecule has 0 bridgehead atoms. The number of fused-ring (bicyclic) bond motifs is 1. The fourth-order valence-electron chi connectivity index (χ4n) is 5.18. The van der Waals surface area contributed by atoms with Crippen LogP contribution in [-0.2, 0) is 4.74 Å². The van der Waals surface area contributed by atoms with Crippen LogP contribution < -0.4 is 10.5 Å². The molecule has 3 aromatic rings. The molecule has 0 aliphatic carbocycles. The van der Waals surface area contributed by atoms with E-state index < -0.39 is 11.8 Å². The maximum absolute atomic E-state index is 14.0. The minimum absolute atomic E-state index is 0.137. The number of esters is 1. The van der Waals surface area contributed by atoms with Gasteiger partial charge in [0, 0.05) is 37.3 Å². The Bertz CT molecular complexity index is 1220. The predicted molar refractivity (Wildman–Crippen MR) is 124 cm³/mol. The second kappa shape index (κ2) is 8.94. The number of benzene rings is 1. The number of halogens is 1. The topological polar surface area (TPSA) is 78.5 Å². The van der Waals surface area contributed by atoms with E-state index in [9.17, 15) is 14.0 Å². The summed E-state index contributed by atoms with van der Waals surface area (Å²) < 4.78 is 18.7. The van der Waals surface area contributed by atoms with Crippen LogP contribution in [0.4, 0.5) is 10.1 Å². The highest BCUT2D eigenvalue weighted by Gasteiger charge is 2.32. The van der Waals surface area contributed by atoms with Gasteiger partial charge in [-0.25, -0.2) is 14.2 Å². The molecule has 33 heavy (non-hydrogen) atoms. The molecule has 172 valence electrons. The first-order valence-electron chi connectivity index (χ1n) is 11.4. The number of hydrogen-bond donors (Lipinski definition) is 1. The van der Waals surface area contributed by atoms with Gasteiger partial charge in [0.05, 0.1) is 24.4 Å². The highest BCUT2D eigenvalue weighted by molar-refractivity contribution is 5.87. The summed E-state index contributed by atoms with van der Waals surface area (Å²) in [5, 5.41) is 0.796. The van der Waals surface area contributed by atoms with E-state index in [0.717, 1.165) is 56.8 Å². The molecular formula is C25H27FN4O3. The van der Waals surface area contributed by atoms with Gasteiger partial charge >= 0.3 is 5.97 Å². The van der Waals surface area contributed by atoms with Crippen LogP contribution in [0.2, 0.25) is 0 Å². The largest absolute Gasteiger partial charge is 0.464 e. The van der Waals surface area contributed by atoms with Crippen molar-refractivity contribution in [2.75, 3.05) is 38.2 Å². The zero-order valence-corrected chi connectivity index (χ0v) is 18.6. The Balaban J connectivity index is 1.21. The molecule has 0 amide bonds. The molecule has 1 atom stereocenters. The van der Waals surface area contributed by atoms with Gasteiger partial charge in [-0.2, -0.15) is 0 Å². The number of piperidine rings is 1. The highest BCUT2D eigenvalue weighted by Crippen LogP contribution is 2.31. The Labute approximate surface area is 191 Å². The van der Waals surface area contributed by atoms with Gasteiger partial charge in [-0.15, -0.1) is 0 Å². The number of anilines is 1. The van der Waals surface area contributed by atoms with Crippen molar-refractivity contribution in [3.63, 3.8) is 0 Å². The van der Waals surface area contributed by atoms with Crippen LogP contribution >= 0.6 is 0 Å². The van der Waals surface area contributed by atoms with Crippen molar-refractivity contribution in [2.45, 2.75) is 31.2 Å². The lowest BCUT2D eigenvalue weighted by Crippen LogP contribution is -2.44. The van der Waals surface area contributed by atoms with Gasteiger partial charge < -0.3 is 14.6 Å². The van der Waals surface area contributed by atoms with Crippen molar-refractivity contribution in [1.82, 2.24) is 14.9 Å². The van der Waals surface area contributed by atoms with Gasteiger partial charge in [-0.05, 0) is 55.5 Å². The van der Waals surface area contributed by atoms with Crippen molar-refractivity contribution < 1.29 is 13.9 Å². The van der Waals surface area contributed by atoms with E-state index in [2.05, 4.69) is 19.8 Å². The number of methoxy groups -OCH3 is 1. The van der Waals surface area contributed by atoms with Crippen molar-refractivity contribution in [3.8, 4) is 0 Å². The minimum atomic E-state index is -0.477. The van der Waals surface area contributed by atoms with Gasteiger partial charge in [-0.3, -0.25) is 9.69 Å². The third-order valence-electron chi connectivity index (χ3n) is 6.99. The highest BCUT2D eigenvalue weighted by atomic mass is 19.1. The first-order valence-corrected chi connectivity index (χ1v) is 11.4. The Morgan fingerprint density at radius 3 is 2.70 bits per heavy atom. The summed E-state index contributed by atoms with van der Waals surface area (Å²) in [7, 11) is 1.35. The van der Waals surface area contributed by atoms with E-state index in [-0.39, 0.29) is 16.9 Å². The molecule has 1 N–H and O–H groups in total. The van der Waals surface area contributed by atoms with Gasteiger partial charge in [0.2, 0.25) is 0 Å². The van der Waals surface area contributed by atoms with Crippen LogP contribution in [-0.4, -0.2) is 60.2 Å². The number of rotatable bonds is 4. The van der Waals surface area contributed by atoms with E-state index >= 15 is 0 Å². The fourth-order valence-corrected chi connectivity index (χ4v) is 5.18. The molecule has 8 heteroatoms. The first-order chi connectivity index (χ1) is 16.0. The van der Waals surface area contributed by atoms with Crippen LogP contribution in [0.5, 0.6) is 0 Å². The quantitative estimate of drug-likeness (QED) is 0.615. The number of likely N-dealkylation sites (tertiary alicyclic amines) is 1. The molecule has 2 fully saturated rings. The van der Waals surface area contributed by atoms with Crippen molar-refractivity contribution in [2.24, 2.45) is 0 Å². The maximum atomic E-state index is 14.0. The number of hydrogen-bond acceptors (Lipinski definition) is 6. The van der Waals surface area contributed by atoms with E-state index in [1.54, 1.807) is 24.4 Å².